The first-order valence-corrected chi connectivity index (χ1v) is 14.2. The van der Waals surface area contributed by atoms with Gasteiger partial charge in [0, 0.05) is 30.2 Å². The van der Waals surface area contributed by atoms with Gasteiger partial charge in [-0.15, -0.1) is 0 Å². The second kappa shape index (κ2) is 12.6. The monoisotopic (exact) mass is 589 g/mol. The fourth-order valence-electron chi connectivity index (χ4n) is 4.05. The average Bonchev–Trinajstić information content (AvgIpc) is 2.87. The van der Waals surface area contributed by atoms with Gasteiger partial charge in [0.1, 0.15) is 11.4 Å². The number of allylic oxidation sites excluding steroid dienone is 2. The molecule has 0 saturated heterocycles. The number of carboxylic acid groups (broad SMARTS) is 1. The zero-order chi connectivity index (χ0) is 29.7. The van der Waals surface area contributed by atoms with Gasteiger partial charge in [-0.1, -0.05) is 44.5 Å². The maximum absolute atomic E-state index is 12.9. The minimum Gasteiger partial charge on any atom is -0.496 e. The molecule has 3 N–H and O–H groups in total. The van der Waals surface area contributed by atoms with Gasteiger partial charge < -0.3 is 20.1 Å². The molecule has 1 aliphatic rings. The largest absolute Gasteiger partial charge is 0.496 e. The number of rotatable bonds is 10. The van der Waals surface area contributed by atoms with Crippen molar-refractivity contribution in [3.05, 3.63) is 82.0 Å². The summed E-state index contributed by atoms with van der Waals surface area (Å²) in [4.78, 5) is 38.4. The third-order valence-electron chi connectivity index (χ3n) is 5.89. The van der Waals surface area contributed by atoms with E-state index >= 15 is 0 Å². The van der Waals surface area contributed by atoms with Gasteiger partial charge in [-0.05, 0) is 59.9 Å². The van der Waals surface area contributed by atoms with Crippen LogP contribution < -0.4 is 14.8 Å². The number of carbonyl (C=O) groups excluding carboxylic acids is 2. The number of hydrogen-bond donors (Lipinski definition) is 3. The number of carbonyl (C=O) groups is 3. The molecule has 0 aliphatic carbocycles. The Hall–Kier alpha value is -3.83. The van der Waals surface area contributed by atoms with Crippen LogP contribution in [0.25, 0.3) is 0 Å². The lowest BCUT2D eigenvalue weighted by Gasteiger charge is -2.34. The maximum Gasteiger partial charge on any atom is 0.352 e. The molecule has 0 saturated carbocycles. The summed E-state index contributed by atoms with van der Waals surface area (Å²) in [5, 5.41) is 12.7. The molecule has 10 nitrogen and oxygen atoms in total. The molecule has 0 spiro atoms. The highest BCUT2D eigenvalue weighted by molar-refractivity contribution is 7.90. The molecule has 0 atom stereocenters. The van der Waals surface area contributed by atoms with Crippen molar-refractivity contribution in [1.29, 1.82) is 0 Å². The summed E-state index contributed by atoms with van der Waals surface area (Å²) in [5.74, 6) is -1.92. The van der Waals surface area contributed by atoms with Crippen molar-refractivity contribution in [2.45, 2.75) is 32.1 Å². The lowest BCUT2D eigenvalue weighted by Crippen LogP contribution is -2.41. The van der Waals surface area contributed by atoms with Gasteiger partial charge in [-0.25, -0.2) is 17.9 Å². The van der Waals surface area contributed by atoms with Crippen LogP contribution in [0.1, 0.15) is 36.7 Å². The van der Waals surface area contributed by atoms with Crippen molar-refractivity contribution in [2.75, 3.05) is 26.7 Å². The number of methoxy groups -OCH3 is 1. The number of nitrogens with one attached hydrogen (secondary N) is 2. The molecule has 0 aromatic heterocycles. The Bertz CT molecular complexity index is 1460. The predicted molar refractivity (Wildman–Crippen MR) is 151 cm³/mol. The van der Waals surface area contributed by atoms with Crippen LogP contribution in [0.5, 0.6) is 5.75 Å². The molecule has 2 amide bonds. The summed E-state index contributed by atoms with van der Waals surface area (Å²) < 4.78 is 33.0. The summed E-state index contributed by atoms with van der Waals surface area (Å²) in [6.07, 6.45) is 3.05. The third-order valence-corrected chi connectivity index (χ3v) is 7.47. The molecule has 1 heterocycles. The molecule has 3 rings (SSSR count). The highest BCUT2D eigenvalue weighted by Gasteiger charge is 2.29. The fourth-order valence-corrected chi connectivity index (χ4v) is 5.21. The van der Waals surface area contributed by atoms with Crippen molar-refractivity contribution in [2.24, 2.45) is 5.41 Å². The predicted octanol–water partition coefficient (Wildman–Crippen LogP) is 3.38. The Kier molecular flexibility index (Phi) is 9.65. The number of hydrogen-bond acceptors (Lipinski definition) is 7. The number of nitrogens with zero attached hydrogens (tertiary/aromatic N) is 1. The Labute approximate surface area is 238 Å². The molecule has 40 heavy (non-hydrogen) atoms. The van der Waals surface area contributed by atoms with E-state index in [1.54, 1.807) is 29.2 Å². The molecular formula is C28H32ClN3O7S. The molecule has 0 unspecified atom stereocenters. The van der Waals surface area contributed by atoms with Gasteiger partial charge in [0.05, 0.1) is 17.6 Å². The van der Waals surface area contributed by atoms with Crippen molar-refractivity contribution < 1.29 is 32.6 Å². The highest BCUT2D eigenvalue weighted by Crippen LogP contribution is 2.24. The van der Waals surface area contributed by atoms with E-state index in [2.05, 4.69) is 10.0 Å². The SMILES string of the molecule is COc1ccc(Cl)cc1C(=O)NCCc1ccc(S(=O)(=O)NC(=O)C2=CC=C(C(=O)O)N(CC(C)(C)C)C2)cc1. The smallest absolute Gasteiger partial charge is 0.352 e. The van der Waals surface area contributed by atoms with Gasteiger partial charge in [-0.3, -0.25) is 9.59 Å². The fraction of sp³-hybridized carbons (Fsp3) is 0.321. The lowest BCUT2D eigenvalue weighted by molar-refractivity contribution is -0.134. The second-order valence-corrected chi connectivity index (χ2v) is 12.5. The van der Waals surface area contributed by atoms with Crippen LogP contribution in [-0.2, 0) is 26.0 Å². The highest BCUT2D eigenvalue weighted by atomic mass is 35.5. The molecule has 0 bridgehead atoms. The zero-order valence-electron chi connectivity index (χ0n) is 22.7. The summed E-state index contributed by atoms with van der Waals surface area (Å²) >= 11 is 5.98. The summed E-state index contributed by atoms with van der Waals surface area (Å²) in [5.41, 5.74) is 0.972. The normalized spacial score (nSPS) is 13.7. The van der Waals surface area contributed by atoms with Crippen molar-refractivity contribution in [3.8, 4) is 5.75 Å². The van der Waals surface area contributed by atoms with Gasteiger partial charge in [0.25, 0.3) is 21.8 Å². The Morgan fingerprint density at radius 1 is 1.05 bits per heavy atom. The van der Waals surface area contributed by atoms with E-state index < -0.39 is 21.9 Å². The second-order valence-electron chi connectivity index (χ2n) is 10.4. The van der Waals surface area contributed by atoms with Crippen LogP contribution in [0, 0.1) is 5.41 Å². The number of carboxylic acids is 1. The van der Waals surface area contributed by atoms with E-state index in [9.17, 15) is 27.9 Å². The van der Waals surface area contributed by atoms with Crippen LogP contribution >= 0.6 is 11.6 Å². The van der Waals surface area contributed by atoms with E-state index in [1.165, 1.54) is 37.5 Å². The Morgan fingerprint density at radius 2 is 1.73 bits per heavy atom. The standard InChI is InChI=1S/C28H32ClN3O7S/c1-28(2,3)17-32-16-19(7-11-23(32)27(35)36)25(33)31-40(37,38)21-9-5-18(6-10-21)13-14-30-26(34)22-15-20(29)8-12-24(22)39-4/h5-12,15H,13-14,16-17H2,1-4H3,(H,30,34)(H,31,33)(H,35,36). The number of ether oxygens (including phenoxy) is 1. The number of sulfonamides is 1. The lowest BCUT2D eigenvalue weighted by atomic mass is 9.94. The molecule has 0 radical (unpaired) electrons. The first kappa shape index (κ1) is 30.7. The van der Waals surface area contributed by atoms with Crippen molar-refractivity contribution >= 4 is 39.4 Å². The summed E-state index contributed by atoms with van der Waals surface area (Å²) in [7, 11) is -2.73. The van der Waals surface area contributed by atoms with Gasteiger partial charge >= 0.3 is 5.97 Å². The molecule has 2 aromatic carbocycles. The zero-order valence-corrected chi connectivity index (χ0v) is 24.2. The quantitative estimate of drug-likeness (QED) is 0.383. The van der Waals surface area contributed by atoms with E-state index in [1.807, 2.05) is 20.8 Å². The van der Waals surface area contributed by atoms with Gasteiger partial charge in [0.2, 0.25) is 0 Å². The third kappa shape index (κ3) is 8.09. The Morgan fingerprint density at radius 3 is 2.33 bits per heavy atom. The first-order chi connectivity index (χ1) is 18.7. The first-order valence-electron chi connectivity index (χ1n) is 12.4. The van der Waals surface area contributed by atoms with Crippen LogP contribution in [0.15, 0.2) is 70.8 Å². The van der Waals surface area contributed by atoms with Crippen LogP contribution in [0.3, 0.4) is 0 Å². The van der Waals surface area contributed by atoms with Crippen molar-refractivity contribution in [3.63, 3.8) is 0 Å². The van der Waals surface area contributed by atoms with Crippen molar-refractivity contribution in [1.82, 2.24) is 14.9 Å². The molecule has 214 valence electrons. The van der Waals surface area contributed by atoms with E-state index in [4.69, 9.17) is 16.3 Å². The van der Waals surface area contributed by atoms with Crippen LogP contribution in [0.4, 0.5) is 0 Å². The van der Waals surface area contributed by atoms with E-state index in [0.717, 1.165) is 5.56 Å². The average molecular weight is 590 g/mol. The van der Waals surface area contributed by atoms with Crippen LogP contribution in [0.2, 0.25) is 5.02 Å². The summed E-state index contributed by atoms with van der Waals surface area (Å²) in [6.45, 7) is 6.40. The van der Waals surface area contributed by atoms with E-state index in [-0.39, 0.29) is 40.6 Å². The molecular weight excluding hydrogens is 558 g/mol. The minimum atomic E-state index is -4.18. The molecule has 2 aromatic rings. The van der Waals surface area contributed by atoms with Gasteiger partial charge in [0.15, 0.2) is 0 Å². The van der Waals surface area contributed by atoms with Gasteiger partial charge in [-0.2, -0.15) is 0 Å². The molecule has 1 aliphatic heterocycles. The summed E-state index contributed by atoms with van der Waals surface area (Å²) in [6, 6.07) is 10.7. The number of halogens is 1. The minimum absolute atomic E-state index is 0.0350. The molecule has 0 fully saturated rings. The Balaban J connectivity index is 1.62. The topological polar surface area (TPSA) is 142 Å². The van der Waals surface area contributed by atoms with E-state index in [0.29, 0.717) is 29.3 Å². The number of benzene rings is 2. The number of amides is 2. The maximum atomic E-state index is 12.9. The van der Waals surface area contributed by atoms with Crippen LogP contribution in [-0.4, -0.2) is 63.0 Å². The number of aliphatic carboxylic acids is 1. The molecule has 12 heteroatoms.